The fraction of sp³-hybridized carbons (Fsp3) is 0.514. The van der Waals surface area contributed by atoms with E-state index < -0.39 is 69.6 Å². The molecule has 2 aliphatic carbocycles. The number of nitrogens with one attached hydrogen (secondary N) is 4. The molecule has 48 heavy (non-hydrogen) atoms. The molecule has 2 fully saturated rings. The summed E-state index contributed by atoms with van der Waals surface area (Å²) in [5.41, 5.74) is -1.78. The van der Waals surface area contributed by atoms with E-state index in [2.05, 4.69) is 21.3 Å². The molecule has 4 amide bonds. The van der Waals surface area contributed by atoms with Crippen molar-refractivity contribution in [1.29, 1.82) is 0 Å². The maximum Gasteiger partial charge on any atom is 0.326 e. The summed E-state index contributed by atoms with van der Waals surface area (Å²) in [5.74, 6) is -4.17. The van der Waals surface area contributed by atoms with Crippen LogP contribution in [0, 0.1) is 22.7 Å². The zero-order chi connectivity index (χ0) is 35.8. The molecule has 5 atom stereocenters. The minimum atomic E-state index is -1.22. The van der Waals surface area contributed by atoms with Crippen LogP contribution in [0.15, 0.2) is 42.5 Å². The Hall–Kier alpha value is -3.83. The Bertz CT molecular complexity index is 1590. The van der Waals surface area contributed by atoms with Crippen LogP contribution in [0.1, 0.15) is 83.1 Å². The van der Waals surface area contributed by atoms with Gasteiger partial charge in [0.25, 0.3) is 5.91 Å². The zero-order valence-corrected chi connectivity index (χ0v) is 29.5. The number of amides is 4. The lowest BCUT2D eigenvalue weighted by Gasteiger charge is -2.45. The second-order valence-electron chi connectivity index (χ2n) is 14.6. The molecule has 5 unspecified atom stereocenters. The summed E-state index contributed by atoms with van der Waals surface area (Å²) in [6, 6.07) is 9.66. The van der Waals surface area contributed by atoms with Crippen LogP contribution >= 0.6 is 23.2 Å². The molecule has 2 saturated carbocycles. The van der Waals surface area contributed by atoms with Crippen molar-refractivity contribution in [2.45, 2.75) is 90.8 Å². The highest BCUT2D eigenvalue weighted by atomic mass is 35.5. The van der Waals surface area contributed by atoms with Gasteiger partial charge in [0.1, 0.15) is 6.04 Å². The highest BCUT2D eigenvalue weighted by Gasteiger charge is 2.58. The van der Waals surface area contributed by atoms with Crippen molar-refractivity contribution >= 4 is 58.7 Å². The normalized spacial score (nSPS) is 26.2. The molecule has 13 heteroatoms. The number of aliphatic carboxylic acids is 2. The first-order valence-corrected chi connectivity index (χ1v) is 16.7. The maximum atomic E-state index is 13.6. The second-order valence-corrected chi connectivity index (χ2v) is 15.4. The average molecular weight is 704 g/mol. The van der Waals surface area contributed by atoms with Gasteiger partial charge in [-0.1, -0.05) is 69.1 Å². The second kappa shape index (κ2) is 13.6. The molecular formula is C35H44Cl2N4O7. The summed E-state index contributed by atoms with van der Waals surface area (Å²) in [6.07, 6.45) is 1.88. The summed E-state index contributed by atoms with van der Waals surface area (Å²) in [6.45, 7) is 11.2. The van der Waals surface area contributed by atoms with E-state index in [9.17, 15) is 34.2 Å². The third kappa shape index (κ3) is 7.12. The van der Waals surface area contributed by atoms with E-state index in [0.29, 0.717) is 36.9 Å². The number of hydrogen-bond donors (Lipinski definition) is 6. The van der Waals surface area contributed by atoms with Crippen molar-refractivity contribution in [3.8, 4) is 0 Å². The lowest BCUT2D eigenvalue weighted by Crippen LogP contribution is -2.63. The molecule has 2 aromatic rings. The lowest BCUT2D eigenvalue weighted by atomic mass is 9.70. The van der Waals surface area contributed by atoms with Crippen LogP contribution in [0.4, 0.5) is 10.5 Å². The highest BCUT2D eigenvalue weighted by molar-refractivity contribution is 6.40. The van der Waals surface area contributed by atoms with Crippen LogP contribution in [-0.2, 0) is 20.8 Å². The number of carboxylic acid groups (broad SMARTS) is 2. The molecule has 2 aromatic carbocycles. The van der Waals surface area contributed by atoms with Gasteiger partial charge in [0.2, 0.25) is 5.91 Å². The zero-order valence-electron chi connectivity index (χ0n) is 28.0. The Morgan fingerprint density at radius 1 is 0.792 bits per heavy atom. The van der Waals surface area contributed by atoms with Crippen molar-refractivity contribution in [1.82, 2.24) is 16.0 Å². The molecule has 4 rings (SSSR count). The summed E-state index contributed by atoms with van der Waals surface area (Å²) in [4.78, 5) is 63.7. The van der Waals surface area contributed by atoms with Gasteiger partial charge in [0.15, 0.2) is 0 Å². The summed E-state index contributed by atoms with van der Waals surface area (Å²) >= 11 is 12.3. The molecule has 2 aliphatic rings. The Labute approximate surface area is 290 Å². The monoisotopic (exact) mass is 702 g/mol. The number of anilines is 1. The predicted molar refractivity (Wildman–Crippen MR) is 183 cm³/mol. The third-order valence-corrected chi connectivity index (χ3v) is 11.9. The van der Waals surface area contributed by atoms with E-state index in [0.717, 1.165) is 0 Å². The first kappa shape index (κ1) is 37.0. The molecular weight excluding hydrogens is 659 g/mol. The quantitative estimate of drug-likeness (QED) is 0.173. The number of benzene rings is 2. The van der Waals surface area contributed by atoms with Gasteiger partial charge in [-0.2, -0.15) is 0 Å². The van der Waals surface area contributed by atoms with Crippen LogP contribution in [0.5, 0.6) is 0 Å². The van der Waals surface area contributed by atoms with Crippen molar-refractivity contribution in [3.05, 3.63) is 63.6 Å². The maximum absolute atomic E-state index is 13.6. The standard InChI is InChI=1S/C35H44Cl2N4O7/c1-32(2)21(14-16-34(32,5)40-31(48)41-35(6)17-15-22(29(44)45)33(35,3)4)27(42)39-25(30(46)47)18-19-10-12-20(13-11-19)38-28(43)26-23(36)8-7-9-24(26)37/h7-13,21-22,25H,14-18H2,1-6H3,(H,38,43)(H,39,42)(H,44,45)(H,46,47)(H2,40,41,48). The van der Waals surface area contributed by atoms with Crippen molar-refractivity contribution in [3.63, 3.8) is 0 Å². The SMILES string of the molecule is CC1(NC(=O)NC2(C)CCC(C(=O)NC(Cc3ccc(NC(=O)c4c(Cl)cccc4Cl)cc3)C(=O)O)C2(C)C)CCC(C(=O)O)C1(C)C. The van der Waals surface area contributed by atoms with Crippen LogP contribution < -0.4 is 21.3 Å². The number of urea groups is 1. The summed E-state index contributed by atoms with van der Waals surface area (Å²) in [7, 11) is 0. The lowest BCUT2D eigenvalue weighted by molar-refractivity contribution is -0.145. The van der Waals surface area contributed by atoms with Crippen molar-refractivity contribution in [2.75, 3.05) is 5.32 Å². The molecule has 0 saturated heterocycles. The smallest absolute Gasteiger partial charge is 0.326 e. The predicted octanol–water partition coefficient (Wildman–Crippen LogP) is 6.13. The van der Waals surface area contributed by atoms with E-state index >= 15 is 0 Å². The minimum Gasteiger partial charge on any atom is -0.481 e. The van der Waals surface area contributed by atoms with Gasteiger partial charge in [0, 0.05) is 34.5 Å². The largest absolute Gasteiger partial charge is 0.481 e. The van der Waals surface area contributed by atoms with Gasteiger partial charge in [-0.3, -0.25) is 14.4 Å². The van der Waals surface area contributed by atoms with Crippen molar-refractivity contribution < 1.29 is 34.2 Å². The molecule has 0 bridgehead atoms. The van der Waals surface area contributed by atoms with E-state index in [4.69, 9.17) is 23.2 Å². The van der Waals surface area contributed by atoms with Gasteiger partial charge in [-0.15, -0.1) is 0 Å². The summed E-state index contributed by atoms with van der Waals surface area (Å²) in [5, 5.41) is 31.6. The topological polar surface area (TPSA) is 174 Å². The van der Waals surface area contributed by atoms with E-state index in [-0.39, 0.29) is 22.0 Å². The molecule has 260 valence electrons. The first-order valence-electron chi connectivity index (χ1n) is 15.9. The molecule has 0 aromatic heterocycles. The van der Waals surface area contributed by atoms with Gasteiger partial charge in [-0.05, 0) is 74.8 Å². The van der Waals surface area contributed by atoms with Crippen LogP contribution in [0.2, 0.25) is 10.0 Å². The Morgan fingerprint density at radius 2 is 1.29 bits per heavy atom. The average Bonchev–Trinajstić information content (AvgIpc) is 3.34. The number of hydrogen-bond acceptors (Lipinski definition) is 5. The van der Waals surface area contributed by atoms with E-state index in [1.807, 2.05) is 41.5 Å². The summed E-state index contributed by atoms with van der Waals surface area (Å²) < 4.78 is 0. The van der Waals surface area contributed by atoms with Gasteiger partial charge < -0.3 is 31.5 Å². The Kier molecular flexibility index (Phi) is 10.5. The molecule has 6 N–H and O–H groups in total. The van der Waals surface area contributed by atoms with E-state index in [1.54, 1.807) is 42.5 Å². The fourth-order valence-electron chi connectivity index (χ4n) is 7.21. The number of halogens is 2. The van der Waals surface area contributed by atoms with Gasteiger partial charge in [0.05, 0.1) is 21.5 Å². The molecule has 0 heterocycles. The van der Waals surface area contributed by atoms with E-state index in [1.165, 1.54) is 0 Å². The van der Waals surface area contributed by atoms with Crippen LogP contribution in [0.3, 0.4) is 0 Å². The minimum absolute atomic E-state index is 0.00240. The number of rotatable bonds is 10. The highest BCUT2D eigenvalue weighted by Crippen LogP contribution is 2.52. The number of carboxylic acids is 2. The van der Waals surface area contributed by atoms with Gasteiger partial charge >= 0.3 is 18.0 Å². The third-order valence-electron chi connectivity index (χ3n) is 11.3. The van der Waals surface area contributed by atoms with Crippen LogP contribution in [0.25, 0.3) is 0 Å². The van der Waals surface area contributed by atoms with Gasteiger partial charge in [-0.25, -0.2) is 9.59 Å². The Balaban J connectivity index is 1.38. The number of carbonyl (C=O) groups is 5. The van der Waals surface area contributed by atoms with Crippen molar-refractivity contribution in [2.24, 2.45) is 22.7 Å². The Morgan fingerprint density at radius 3 is 1.77 bits per heavy atom. The molecule has 0 radical (unpaired) electrons. The van der Waals surface area contributed by atoms with Crippen LogP contribution in [-0.4, -0.2) is 57.1 Å². The number of carbonyl (C=O) groups excluding carboxylic acids is 3. The molecule has 11 nitrogen and oxygen atoms in total. The molecule has 0 spiro atoms. The molecule has 0 aliphatic heterocycles. The fourth-order valence-corrected chi connectivity index (χ4v) is 7.78. The first-order chi connectivity index (χ1) is 22.2.